The summed E-state index contributed by atoms with van der Waals surface area (Å²) in [5, 5.41) is 0. The highest BCUT2D eigenvalue weighted by molar-refractivity contribution is 5.75. The molecule has 4 nitrogen and oxygen atoms in total. The molecule has 1 unspecified atom stereocenters. The number of nitrogens with two attached hydrogens (primary N) is 1. The molecule has 0 bridgehead atoms. The summed E-state index contributed by atoms with van der Waals surface area (Å²) in [6.07, 6.45) is 2.68. The highest BCUT2D eigenvalue weighted by Crippen LogP contribution is 2.19. The SMILES string of the molecule is CN(CC(C)(C)CN)C(=O)CCC1CCOC1. The molecule has 1 rings (SSSR count). The fraction of sp³-hybridized carbons (Fsp3) is 0.923. The monoisotopic (exact) mass is 242 g/mol. The predicted octanol–water partition coefficient (Wildman–Crippen LogP) is 1.25. The first-order valence-corrected chi connectivity index (χ1v) is 6.46. The molecule has 1 aliphatic heterocycles. The van der Waals surface area contributed by atoms with Crippen molar-refractivity contribution in [1.29, 1.82) is 0 Å². The zero-order chi connectivity index (χ0) is 12.9. The average Bonchev–Trinajstić information content (AvgIpc) is 2.78. The highest BCUT2D eigenvalue weighted by atomic mass is 16.5. The Balaban J connectivity index is 2.26. The lowest BCUT2D eigenvalue weighted by Gasteiger charge is -2.29. The molecule has 1 saturated heterocycles. The van der Waals surface area contributed by atoms with Crippen LogP contribution in [0.2, 0.25) is 0 Å². The van der Waals surface area contributed by atoms with Crippen LogP contribution in [0.25, 0.3) is 0 Å². The molecule has 0 aromatic heterocycles. The van der Waals surface area contributed by atoms with Gasteiger partial charge in [-0.3, -0.25) is 4.79 Å². The molecule has 0 saturated carbocycles. The summed E-state index contributed by atoms with van der Waals surface area (Å²) in [5.41, 5.74) is 5.67. The van der Waals surface area contributed by atoms with Crippen molar-refractivity contribution in [2.45, 2.75) is 33.1 Å². The lowest BCUT2D eigenvalue weighted by Crippen LogP contribution is -2.39. The van der Waals surface area contributed by atoms with Crippen LogP contribution in [0, 0.1) is 11.3 Å². The van der Waals surface area contributed by atoms with Crippen LogP contribution in [0.4, 0.5) is 0 Å². The average molecular weight is 242 g/mol. The number of rotatable bonds is 6. The third-order valence-electron chi connectivity index (χ3n) is 3.43. The number of nitrogens with zero attached hydrogens (tertiary/aromatic N) is 1. The Labute approximate surface area is 104 Å². The van der Waals surface area contributed by atoms with Crippen molar-refractivity contribution in [3.8, 4) is 0 Å². The van der Waals surface area contributed by atoms with Crippen LogP contribution in [0.1, 0.15) is 33.1 Å². The number of carbonyl (C=O) groups excluding carboxylic acids is 1. The second-order valence-electron chi connectivity index (χ2n) is 5.89. The van der Waals surface area contributed by atoms with Gasteiger partial charge in [-0.1, -0.05) is 13.8 Å². The van der Waals surface area contributed by atoms with Crippen molar-refractivity contribution in [2.75, 3.05) is 33.4 Å². The van der Waals surface area contributed by atoms with Gasteiger partial charge >= 0.3 is 0 Å². The van der Waals surface area contributed by atoms with Crippen molar-refractivity contribution in [3.05, 3.63) is 0 Å². The summed E-state index contributed by atoms with van der Waals surface area (Å²) in [7, 11) is 1.87. The van der Waals surface area contributed by atoms with E-state index < -0.39 is 0 Å². The van der Waals surface area contributed by atoms with Gasteiger partial charge in [0.25, 0.3) is 0 Å². The van der Waals surface area contributed by atoms with Gasteiger partial charge in [0, 0.05) is 33.2 Å². The number of hydrogen-bond acceptors (Lipinski definition) is 3. The smallest absolute Gasteiger partial charge is 0.222 e. The lowest BCUT2D eigenvalue weighted by atomic mass is 9.93. The molecular formula is C13H26N2O2. The first-order chi connectivity index (χ1) is 7.94. The molecule has 1 amide bonds. The topological polar surface area (TPSA) is 55.6 Å². The van der Waals surface area contributed by atoms with Crippen LogP contribution in [-0.4, -0.2) is 44.2 Å². The molecule has 0 aliphatic carbocycles. The Morgan fingerprint density at radius 1 is 1.53 bits per heavy atom. The first-order valence-electron chi connectivity index (χ1n) is 6.46. The van der Waals surface area contributed by atoms with E-state index in [1.807, 2.05) is 11.9 Å². The standard InChI is InChI=1S/C13H26N2O2/c1-13(2,9-14)10-15(3)12(16)5-4-11-6-7-17-8-11/h11H,4-10,14H2,1-3H3. The molecule has 0 aromatic carbocycles. The van der Waals surface area contributed by atoms with Crippen LogP contribution < -0.4 is 5.73 Å². The minimum atomic E-state index is 0.000873. The van der Waals surface area contributed by atoms with Crippen molar-refractivity contribution in [2.24, 2.45) is 17.1 Å². The van der Waals surface area contributed by atoms with Crippen LogP contribution in [0.3, 0.4) is 0 Å². The fourth-order valence-corrected chi connectivity index (χ4v) is 2.12. The Morgan fingerprint density at radius 2 is 2.24 bits per heavy atom. The quantitative estimate of drug-likeness (QED) is 0.762. The summed E-state index contributed by atoms with van der Waals surface area (Å²) in [6.45, 7) is 7.17. The minimum absolute atomic E-state index is 0.000873. The van der Waals surface area contributed by atoms with Crippen LogP contribution in [0.5, 0.6) is 0 Å². The Kier molecular flexibility index (Phi) is 5.40. The second kappa shape index (κ2) is 6.36. The maximum absolute atomic E-state index is 11.9. The maximum atomic E-state index is 11.9. The number of carbonyl (C=O) groups is 1. The van der Waals surface area contributed by atoms with Gasteiger partial charge in [-0.05, 0) is 30.7 Å². The van der Waals surface area contributed by atoms with Crippen molar-refractivity contribution < 1.29 is 9.53 Å². The van der Waals surface area contributed by atoms with E-state index in [4.69, 9.17) is 10.5 Å². The second-order valence-corrected chi connectivity index (χ2v) is 5.89. The van der Waals surface area contributed by atoms with E-state index >= 15 is 0 Å². The van der Waals surface area contributed by atoms with Gasteiger partial charge in [-0.2, -0.15) is 0 Å². The molecule has 4 heteroatoms. The zero-order valence-electron chi connectivity index (χ0n) is 11.4. The van der Waals surface area contributed by atoms with Crippen molar-refractivity contribution >= 4 is 5.91 Å². The van der Waals surface area contributed by atoms with Gasteiger partial charge in [-0.25, -0.2) is 0 Å². The molecule has 0 spiro atoms. The van der Waals surface area contributed by atoms with Gasteiger partial charge in [0.2, 0.25) is 5.91 Å². The van der Waals surface area contributed by atoms with E-state index in [2.05, 4.69) is 13.8 Å². The lowest BCUT2D eigenvalue weighted by molar-refractivity contribution is -0.131. The third-order valence-corrected chi connectivity index (χ3v) is 3.43. The predicted molar refractivity (Wildman–Crippen MR) is 68.6 cm³/mol. The third kappa shape index (κ3) is 5.04. The van der Waals surface area contributed by atoms with E-state index in [-0.39, 0.29) is 11.3 Å². The van der Waals surface area contributed by atoms with Gasteiger partial charge < -0.3 is 15.4 Å². The highest BCUT2D eigenvalue weighted by Gasteiger charge is 2.22. The molecule has 1 heterocycles. The summed E-state index contributed by atoms with van der Waals surface area (Å²) in [5.74, 6) is 0.799. The summed E-state index contributed by atoms with van der Waals surface area (Å²) in [4.78, 5) is 13.7. The molecule has 1 atom stereocenters. The Hall–Kier alpha value is -0.610. The zero-order valence-corrected chi connectivity index (χ0v) is 11.4. The van der Waals surface area contributed by atoms with Crippen LogP contribution in [-0.2, 0) is 9.53 Å². The fourth-order valence-electron chi connectivity index (χ4n) is 2.12. The summed E-state index contributed by atoms with van der Waals surface area (Å²) >= 11 is 0. The molecule has 0 aromatic rings. The van der Waals surface area contributed by atoms with Crippen LogP contribution in [0.15, 0.2) is 0 Å². The molecule has 100 valence electrons. The van der Waals surface area contributed by atoms with E-state index in [9.17, 15) is 4.79 Å². The van der Waals surface area contributed by atoms with Crippen molar-refractivity contribution in [3.63, 3.8) is 0 Å². The molecule has 1 fully saturated rings. The van der Waals surface area contributed by atoms with Gasteiger partial charge in [0.15, 0.2) is 0 Å². The van der Waals surface area contributed by atoms with E-state index in [1.54, 1.807) is 0 Å². The largest absolute Gasteiger partial charge is 0.381 e. The molecule has 17 heavy (non-hydrogen) atoms. The summed E-state index contributed by atoms with van der Waals surface area (Å²) < 4.78 is 5.31. The molecular weight excluding hydrogens is 216 g/mol. The molecule has 1 aliphatic rings. The number of hydrogen-bond donors (Lipinski definition) is 1. The van der Waals surface area contributed by atoms with Crippen LogP contribution >= 0.6 is 0 Å². The Bertz CT molecular complexity index is 248. The van der Waals surface area contributed by atoms with E-state index in [0.717, 1.165) is 32.6 Å². The van der Waals surface area contributed by atoms with E-state index in [0.29, 0.717) is 18.9 Å². The number of ether oxygens (including phenoxy) is 1. The van der Waals surface area contributed by atoms with E-state index in [1.165, 1.54) is 0 Å². The van der Waals surface area contributed by atoms with Gasteiger partial charge in [0.1, 0.15) is 0 Å². The molecule has 0 radical (unpaired) electrons. The molecule has 2 N–H and O–H groups in total. The normalized spacial score (nSPS) is 20.6. The first kappa shape index (κ1) is 14.5. The van der Waals surface area contributed by atoms with Gasteiger partial charge in [-0.15, -0.1) is 0 Å². The Morgan fingerprint density at radius 3 is 2.76 bits per heavy atom. The minimum Gasteiger partial charge on any atom is -0.381 e. The van der Waals surface area contributed by atoms with Gasteiger partial charge in [0.05, 0.1) is 0 Å². The number of amides is 1. The summed E-state index contributed by atoms with van der Waals surface area (Å²) in [6, 6.07) is 0. The van der Waals surface area contributed by atoms with Crippen molar-refractivity contribution in [1.82, 2.24) is 4.90 Å². The maximum Gasteiger partial charge on any atom is 0.222 e.